The van der Waals surface area contributed by atoms with Gasteiger partial charge in [-0.2, -0.15) is 0 Å². The molecule has 0 radical (unpaired) electrons. The van der Waals surface area contributed by atoms with Gasteiger partial charge in [-0.1, -0.05) is 158 Å². The molecule has 0 N–H and O–H groups in total. The maximum Gasteiger partial charge on any atom is 0.131 e. The highest BCUT2D eigenvalue weighted by Gasteiger charge is 2.24. The number of rotatable bonds is 5. The van der Waals surface area contributed by atoms with E-state index in [1.54, 1.807) is 0 Å². The van der Waals surface area contributed by atoms with Crippen LogP contribution < -0.4 is 0 Å². The Labute approximate surface area is 365 Å². The van der Waals surface area contributed by atoms with E-state index in [-0.39, 0.29) is 0 Å². The number of hydrogen-bond acceptors (Lipinski definition) is 3. The molecule has 0 aliphatic carbocycles. The number of thiophene rings is 2. The number of fused-ring (bicyclic) bond motifs is 16. The van der Waals surface area contributed by atoms with Gasteiger partial charge in [0.25, 0.3) is 0 Å². The fraction of sp³-hybridized carbons (Fsp3) is 0.0172. The van der Waals surface area contributed by atoms with E-state index in [9.17, 15) is 0 Å². The summed E-state index contributed by atoms with van der Waals surface area (Å²) in [5.74, 6) is 0.672. The second-order valence-electron chi connectivity index (χ2n) is 16.3. The van der Waals surface area contributed by atoms with Gasteiger partial charge in [0.1, 0.15) is 5.82 Å². The zero-order valence-electron chi connectivity index (χ0n) is 33.8. The van der Waals surface area contributed by atoms with Crippen LogP contribution in [0.2, 0.25) is 0 Å². The summed E-state index contributed by atoms with van der Waals surface area (Å²) in [5.41, 5.74) is 8.85. The van der Waals surface area contributed by atoms with Crippen molar-refractivity contribution in [1.82, 2.24) is 4.57 Å². The molecule has 290 valence electrons. The van der Waals surface area contributed by atoms with Crippen LogP contribution in [-0.4, -0.2) is 10.3 Å². The monoisotopic (exact) mass is 824 g/mol. The van der Waals surface area contributed by atoms with Gasteiger partial charge in [-0.15, -0.1) is 22.7 Å². The van der Waals surface area contributed by atoms with E-state index in [0.29, 0.717) is 5.82 Å². The molecule has 3 aromatic heterocycles. The largest absolute Gasteiger partial charge is 0.294 e. The molecule has 0 saturated heterocycles. The molecule has 0 amide bonds. The van der Waals surface area contributed by atoms with Crippen LogP contribution in [0.3, 0.4) is 0 Å². The quantitative estimate of drug-likeness (QED) is 0.154. The predicted octanol–water partition coefficient (Wildman–Crippen LogP) is 16.9. The maximum absolute atomic E-state index is 5.66. The summed E-state index contributed by atoms with van der Waals surface area (Å²) < 4.78 is 7.56. The van der Waals surface area contributed by atoms with Crippen LogP contribution in [0.5, 0.6) is 0 Å². The Kier molecular flexibility index (Phi) is 7.75. The smallest absolute Gasteiger partial charge is 0.131 e. The van der Waals surface area contributed by atoms with Crippen LogP contribution in [0.4, 0.5) is 0 Å². The Morgan fingerprint density at radius 1 is 0.452 bits per heavy atom. The SMILES string of the molecule is C=C(/N=C(\c1ccccc1C)c1cccc2ccccc12)n1c2ccc(-c3ccc4sc5ccc6ccccc6c5c4c3)cc2c2c3c4ccccc4sc3c3ccccc3c21. The second-order valence-corrected chi connectivity index (χ2v) is 18.5. The molecule has 0 spiro atoms. The number of aromatic nitrogens is 1. The van der Waals surface area contributed by atoms with Crippen molar-refractivity contribution < 1.29 is 0 Å². The van der Waals surface area contributed by atoms with E-state index in [2.05, 4.69) is 200 Å². The molecule has 0 aliphatic rings. The van der Waals surface area contributed by atoms with E-state index in [1.807, 2.05) is 22.7 Å². The van der Waals surface area contributed by atoms with Gasteiger partial charge < -0.3 is 0 Å². The first-order valence-corrected chi connectivity index (χ1v) is 22.7. The van der Waals surface area contributed by atoms with Gasteiger partial charge in [-0.3, -0.25) is 4.57 Å². The second kappa shape index (κ2) is 13.6. The lowest BCUT2D eigenvalue weighted by molar-refractivity contribution is 1.19. The molecule has 13 aromatic rings. The molecule has 3 heterocycles. The molecule has 0 aliphatic heterocycles. The Morgan fingerprint density at radius 3 is 1.90 bits per heavy atom. The van der Waals surface area contributed by atoms with Crippen LogP contribution in [0.1, 0.15) is 16.7 Å². The number of nitrogens with zero attached hydrogens (tertiary/aromatic N) is 2. The number of aryl methyl sites for hydroxylation is 1. The van der Waals surface area contributed by atoms with Crippen molar-refractivity contribution in [2.45, 2.75) is 6.92 Å². The highest BCUT2D eigenvalue weighted by Crippen LogP contribution is 2.49. The number of aliphatic imine (C=N–C) groups is 1. The molecule has 10 aromatic carbocycles. The lowest BCUT2D eigenvalue weighted by Gasteiger charge is -2.16. The highest BCUT2D eigenvalue weighted by molar-refractivity contribution is 7.27. The van der Waals surface area contributed by atoms with Crippen LogP contribution >= 0.6 is 22.7 Å². The minimum atomic E-state index is 0.672. The standard InChI is InChI=1S/C58H36N2S2/c1-34-14-3-6-18-40(34)56(43-24-13-17-36-15-4-7-19-41(36)43)59-35(2)60-49-29-26-38(39-28-30-51-48(33-39)53-42-20-8-5-16-37(42)27-31-52(53)61-51)32-47(49)54-55-46-23-11-12-25-50(46)62-58(55)45-22-10-9-21-44(45)57(54)60/h3-33H,2H2,1H3/b59-56+. The summed E-state index contributed by atoms with van der Waals surface area (Å²) in [6, 6.07) is 68.8. The Morgan fingerprint density at radius 2 is 1.06 bits per heavy atom. The van der Waals surface area contributed by atoms with Gasteiger partial charge in [0.2, 0.25) is 0 Å². The fourth-order valence-electron chi connectivity index (χ4n) is 10.1. The van der Waals surface area contributed by atoms with E-state index in [1.165, 1.54) is 94.7 Å². The third-order valence-corrected chi connectivity index (χ3v) is 15.2. The van der Waals surface area contributed by atoms with Gasteiger partial charge in [-0.25, -0.2) is 4.99 Å². The summed E-state index contributed by atoms with van der Waals surface area (Å²) in [6.45, 7) is 7.05. The zero-order chi connectivity index (χ0) is 41.1. The maximum atomic E-state index is 5.66. The number of hydrogen-bond donors (Lipinski definition) is 0. The van der Waals surface area contributed by atoms with E-state index < -0.39 is 0 Å². The van der Waals surface area contributed by atoms with Crippen molar-refractivity contribution in [3.8, 4) is 11.1 Å². The molecule has 4 heteroatoms. The minimum Gasteiger partial charge on any atom is -0.294 e. The van der Waals surface area contributed by atoms with Gasteiger partial charge >= 0.3 is 0 Å². The Bertz CT molecular complexity index is 4080. The summed E-state index contributed by atoms with van der Waals surface area (Å²) >= 11 is 3.76. The Balaban J connectivity index is 1.13. The van der Waals surface area contributed by atoms with Gasteiger partial charge in [0, 0.05) is 73.0 Å². The molecular formula is C58H36N2S2. The molecule has 0 atom stereocenters. The molecule has 0 bridgehead atoms. The van der Waals surface area contributed by atoms with Crippen molar-refractivity contribution in [1.29, 1.82) is 0 Å². The molecule has 0 unspecified atom stereocenters. The molecular weight excluding hydrogens is 789 g/mol. The van der Waals surface area contributed by atoms with Crippen molar-refractivity contribution in [2.24, 2.45) is 4.99 Å². The highest BCUT2D eigenvalue weighted by atomic mass is 32.1. The number of benzene rings is 10. The zero-order valence-corrected chi connectivity index (χ0v) is 35.4. The predicted molar refractivity (Wildman–Crippen MR) is 272 cm³/mol. The molecule has 62 heavy (non-hydrogen) atoms. The van der Waals surface area contributed by atoms with Gasteiger partial charge in [0.05, 0.1) is 16.7 Å². The van der Waals surface area contributed by atoms with Crippen LogP contribution in [0, 0.1) is 6.92 Å². The third kappa shape index (κ3) is 5.18. The third-order valence-electron chi connectivity index (χ3n) is 12.9. The van der Waals surface area contributed by atoms with Crippen molar-refractivity contribution in [3.63, 3.8) is 0 Å². The van der Waals surface area contributed by atoms with Crippen molar-refractivity contribution >= 4 is 129 Å². The summed E-state index contributed by atoms with van der Waals surface area (Å²) in [4.78, 5) is 5.66. The molecule has 0 fully saturated rings. The van der Waals surface area contributed by atoms with Crippen LogP contribution in [0.25, 0.3) is 111 Å². The first-order valence-electron chi connectivity index (χ1n) is 21.1. The van der Waals surface area contributed by atoms with E-state index >= 15 is 0 Å². The Hall–Kier alpha value is -7.37. The summed E-state index contributed by atoms with van der Waals surface area (Å²) in [7, 11) is 0. The van der Waals surface area contributed by atoms with E-state index in [4.69, 9.17) is 11.6 Å². The normalized spacial score (nSPS) is 12.4. The summed E-state index contributed by atoms with van der Waals surface area (Å²) in [6.07, 6.45) is 0. The lowest BCUT2D eigenvalue weighted by atomic mass is 9.94. The van der Waals surface area contributed by atoms with Crippen LogP contribution in [0.15, 0.2) is 200 Å². The van der Waals surface area contributed by atoms with Gasteiger partial charge in [-0.05, 0) is 81.6 Å². The average Bonchev–Trinajstić information content (AvgIpc) is 4.01. The lowest BCUT2D eigenvalue weighted by Crippen LogP contribution is -2.08. The average molecular weight is 825 g/mol. The first kappa shape index (κ1) is 35.4. The fourth-order valence-corrected chi connectivity index (χ4v) is 12.4. The topological polar surface area (TPSA) is 17.3 Å². The molecule has 2 nitrogen and oxygen atoms in total. The molecule has 13 rings (SSSR count). The minimum absolute atomic E-state index is 0.672. The van der Waals surface area contributed by atoms with E-state index in [0.717, 1.165) is 33.3 Å². The summed E-state index contributed by atoms with van der Waals surface area (Å²) in [5, 5.41) is 15.0. The van der Waals surface area contributed by atoms with Crippen molar-refractivity contribution in [2.75, 3.05) is 0 Å². The van der Waals surface area contributed by atoms with Crippen LogP contribution in [-0.2, 0) is 0 Å². The molecule has 0 saturated carbocycles. The van der Waals surface area contributed by atoms with Crippen molar-refractivity contribution in [3.05, 3.63) is 211 Å². The van der Waals surface area contributed by atoms with Gasteiger partial charge in [0.15, 0.2) is 0 Å². The first-order chi connectivity index (χ1) is 30.6.